The lowest BCUT2D eigenvalue weighted by molar-refractivity contribution is 0.279. The molecule has 0 amide bonds. The molecule has 21 heavy (non-hydrogen) atoms. The zero-order valence-corrected chi connectivity index (χ0v) is 14.3. The Hall–Kier alpha value is -0.540. The van der Waals surface area contributed by atoms with E-state index in [4.69, 9.17) is 4.74 Å². The van der Waals surface area contributed by atoms with Crippen LogP contribution in [0.5, 0.6) is 5.75 Å². The summed E-state index contributed by atoms with van der Waals surface area (Å²) in [7, 11) is 2.10. The van der Waals surface area contributed by atoms with E-state index in [0.29, 0.717) is 6.04 Å². The molecule has 1 aliphatic heterocycles. The molecule has 0 radical (unpaired) electrons. The highest BCUT2D eigenvalue weighted by atomic mass is 79.9. The first-order valence-corrected chi connectivity index (χ1v) is 9.16. The second kappa shape index (κ2) is 5.58. The number of ether oxygens (including phenoxy) is 1. The molecule has 2 saturated carbocycles. The Morgan fingerprint density at radius 3 is 2.95 bits per heavy atom. The van der Waals surface area contributed by atoms with Crippen LogP contribution in [0.2, 0.25) is 0 Å². The Kier molecular flexibility index (Phi) is 3.74. The Labute approximate surface area is 135 Å². The summed E-state index contributed by atoms with van der Waals surface area (Å²) in [5, 5.41) is 3.56. The first-order chi connectivity index (χ1) is 10.2. The largest absolute Gasteiger partial charge is 0.493 e. The van der Waals surface area contributed by atoms with Crippen LogP contribution in [0, 0.1) is 17.8 Å². The van der Waals surface area contributed by atoms with Gasteiger partial charge in [-0.1, -0.05) is 22.4 Å². The van der Waals surface area contributed by atoms with Gasteiger partial charge in [-0.2, -0.15) is 0 Å². The van der Waals surface area contributed by atoms with E-state index < -0.39 is 0 Å². The first-order valence-electron chi connectivity index (χ1n) is 8.37. The predicted molar refractivity (Wildman–Crippen MR) is 88.7 cm³/mol. The number of fused-ring (bicyclic) bond motifs is 3. The minimum atomic E-state index is 0.429. The second-order valence-electron chi connectivity index (χ2n) is 7.09. The summed E-state index contributed by atoms with van der Waals surface area (Å²) in [6.45, 7) is 0.837. The Morgan fingerprint density at radius 2 is 2.24 bits per heavy atom. The smallest absolute Gasteiger partial charge is 0.127 e. The van der Waals surface area contributed by atoms with Gasteiger partial charge in [0.2, 0.25) is 0 Å². The second-order valence-corrected chi connectivity index (χ2v) is 8.01. The molecular formula is C18H24BrNO. The average Bonchev–Trinajstić information content (AvgIpc) is 3.19. The maximum Gasteiger partial charge on any atom is 0.127 e. The topological polar surface area (TPSA) is 21.3 Å². The first kappa shape index (κ1) is 14.1. The number of hydrogen-bond donors (Lipinski definition) is 1. The molecule has 2 nitrogen and oxygen atoms in total. The lowest BCUT2D eigenvalue weighted by Gasteiger charge is -2.27. The third-order valence-electron chi connectivity index (χ3n) is 5.92. The molecule has 4 atom stereocenters. The van der Waals surface area contributed by atoms with Crippen molar-refractivity contribution in [2.45, 2.75) is 44.6 Å². The van der Waals surface area contributed by atoms with Gasteiger partial charge in [0.05, 0.1) is 6.61 Å². The number of halogens is 1. The van der Waals surface area contributed by atoms with Crippen LogP contribution in [-0.2, 0) is 6.42 Å². The van der Waals surface area contributed by atoms with Crippen molar-refractivity contribution in [1.29, 1.82) is 0 Å². The zero-order chi connectivity index (χ0) is 14.4. The standard InChI is InChI=1S/C18H24BrNO/c1-20-17(9-14-7-11-2-3-12(14)6-11)16-10-15(19)8-13-4-5-21-18(13)16/h8,10-12,14,17,20H,2-7,9H2,1H3. The van der Waals surface area contributed by atoms with Crippen molar-refractivity contribution in [3.8, 4) is 5.75 Å². The molecule has 0 aromatic heterocycles. The summed E-state index contributed by atoms with van der Waals surface area (Å²) in [5.74, 6) is 4.09. The van der Waals surface area contributed by atoms with Gasteiger partial charge in [0, 0.05) is 22.5 Å². The molecule has 3 heteroatoms. The van der Waals surface area contributed by atoms with Crippen LogP contribution in [0.1, 0.15) is 49.3 Å². The molecule has 4 rings (SSSR count). The molecule has 4 unspecified atom stereocenters. The third-order valence-corrected chi connectivity index (χ3v) is 6.38. The summed E-state index contributed by atoms with van der Waals surface area (Å²) >= 11 is 3.68. The summed E-state index contributed by atoms with van der Waals surface area (Å²) in [6, 6.07) is 4.91. The van der Waals surface area contributed by atoms with Gasteiger partial charge < -0.3 is 10.1 Å². The quantitative estimate of drug-likeness (QED) is 0.865. The van der Waals surface area contributed by atoms with Crippen LogP contribution in [0.15, 0.2) is 16.6 Å². The van der Waals surface area contributed by atoms with E-state index in [1.165, 1.54) is 47.7 Å². The van der Waals surface area contributed by atoms with Crippen molar-refractivity contribution < 1.29 is 4.74 Å². The number of nitrogens with one attached hydrogen (secondary N) is 1. The lowest BCUT2D eigenvalue weighted by atomic mass is 9.82. The highest BCUT2D eigenvalue weighted by Crippen LogP contribution is 2.51. The number of benzene rings is 1. The molecule has 2 aliphatic carbocycles. The molecule has 1 N–H and O–H groups in total. The van der Waals surface area contributed by atoms with Crippen LogP contribution in [0.4, 0.5) is 0 Å². The molecule has 114 valence electrons. The third kappa shape index (κ3) is 2.53. The van der Waals surface area contributed by atoms with E-state index in [9.17, 15) is 0 Å². The van der Waals surface area contributed by atoms with Crippen LogP contribution >= 0.6 is 15.9 Å². The maximum atomic E-state index is 5.93. The van der Waals surface area contributed by atoms with E-state index in [1.807, 2.05) is 0 Å². The van der Waals surface area contributed by atoms with Crippen LogP contribution in [0.3, 0.4) is 0 Å². The molecule has 1 aromatic rings. The van der Waals surface area contributed by atoms with E-state index in [2.05, 4.69) is 40.4 Å². The molecule has 2 fully saturated rings. The van der Waals surface area contributed by atoms with Gasteiger partial charge in [-0.25, -0.2) is 0 Å². The molecule has 2 bridgehead atoms. The molecule has 1 heterocycles. The normalized spacial score (nSPS) is 31.2. The molecular weight excluding hydrogens is 326 g/mol. The van der Waals surface area contributed by atoms with Crippen LogP contribution < -0.4 is 10.1 Å². The van der Waals surface area contributed by atoms with E-state index in [0.717, 1.165) is 36.5 Å². The van der Waals surface area contributed by atoms with Gasteiger partial charge in [-0.05, 0) is 68.2 Å². The van der Waals surface area contributed by atoms with Crippen LogP contribution in [-0.4, -0.2) is 13.7 Å². The zero-order valence-electron chi connectivity index (χ0n) is 12.7. The van der Waals surface area contributed by atoms with Crippen molar-refractivity contribution in [3.63, 3.8) is 0 Å². The number of rotatable bonds is 4. The van der Waals surface area contributed by atoms with E-state index in [-0.39, 0.29) is 0 Å². The van der Waals surface area contributed by atoms with Gasteiger partial charge in [0.15, 0.2) is 0 Å². The minimum Gasteiger partial charge on any atom is -0.493 e. The van der Waals surface area contributed by atoms with Gasteiger partial charge in [-0.15, -0.1) is 0 Å². The average molecular weight is 350 g/mol. The Morgan fingerprint density at radius 1 is 1.33 bits per heavy atom. The molecule has 0 spiro atoms. The number of hydrogen-bond acceptors (Lipinski definition) is 2. The van der Waals surface area contributed by atoms with Crippen molar-refractivity contribution in [2.24, 2.45) is 17.8 Å². The van der Waals surface area contributed by atoms with Crippen molar-refractivity contribution in [3.05, 3.63) is 27.7 Å². The van der Waals surface area contributed by atoms with Gasteiger partial charge in [0.1, 0.15) is 5.75 Å². The molecule has 0 saturated heterocycles. The highest BCUT2D eigenvalue weighted by molar-refractivity contribution is 9.10. The fraction of sp³-hybridized carbons (Fsp3) is 0.667. The fourth-order valence-corrected chi connectivity index (χ4v) is 5.45. The Balaban J connectivity index is 1.59. The molecule has 3 aliphatic rings. The fourth-order valence-electron chi connectivity index (χ4n) is 4.92. The van der Waals surface area contributed by atoms with Gasteiger partial charge >= 0.3 is 0 Å². The minimum absolute atomic E-state index is 0.429. The summed E-state index contributed by atoms with van der Waals surface area (Å²) in [4.78, 5) is 0. The van der Waals surface area contributed by atoms with Gasteiger partial charge in [0.25, 0.3) is 0 Å². The lowest BCUT2D eigenvalue weighted by Crippen LogP contribution is -2.23. The Bertz CT molecular complexity index is 544. The predicted octanol–water partition coefficient (Wildman–Crippen LogP) is 4.47. The summed E-state index contributed by atoms with van der Waals surface area (Å²) in [6.07, 6.45) is 8.23. The maximum absolute atomic E-state index is 5.93. The van der Waals surface area contributed by atoms with E-state index in [1.54, 1.807) is 0 Å². The van der Waals surface area contributed by atoms with Gasteiger partial charge in [-0.3, -0.25) is 0 Å². The summed E-state index contributed by atoms with van der Waals surface area (Å²) in [5.41, 5.74) is 2.73. The van der Waals surface area contributed by atoms with Crippen molar-refractivity contribution >= 4 is 15.9 Å². The molecule has 1 aromatic carbocycles. The highest BCUT2D eigenvalue weighted by Gasteiger charge is 2.40. The van der Waals surface area contributed by atoms with E-state index >= 15 is 0 Å². The SMILES string of the molecule is CNC(CC1CC2CCC1C2)c1cc(Br)cc2c1OCC2. The van der Waals surface area contributed by atoms with Crippen molar-refractivity contribution in [1.82, 2.24) is 5.32 Å². The summed E-state index contributed by atoms with van der Waals surface area (Å²) < 4.78 is 7.12. The van der Waals surface area contributed by atoms with Crippen LogP contribution in [0.25, 0.3) is 0 Å². The monoisotopic (exact) mass is 349 g/mol. The van der Waals surface area contributed by atoms with Crippen molar-refractivity contribution in [2.75, 3.05) is 13.7 Å².